The number of hydrogen-bond acceptors (Lipinski definition) is 4. The van der Waals surface area contributed by atoms with Gasteiger partial charge in [0.2, 0.25) is 0 Å². The van der Waals surface area contributed by atoms with Crippen LogP contribution in [0.1, 0.15) is 21.6 Å². The van der Waals surface area contributed by atoms with Gasteiger partial charge in [-0.15, -0.1) is 0 Å². The Morgan fingerprint density at radius 3 is 2.84 bits per heavy atom. The number of carbonyl (C=O) groups excluding carboxylic acids is 1. The fourth-order valence-electron chi connectivity index (χ4n) is 2.29. The SMILES string of the molecule is Cc1ccc(Cl)cc1Nc1cncc(C(=O)NCc2ccccn2)c1. The van der Waals surface area contributed by atoms with Crippen molar-refractivity contribution < 1.29 is 4.79 Å². The van der Waals surface area contributed by atoms with Crippen LogP contribution in [-0.4, -0.2) is 15.9 Å². The van der Waals surface area contributed by atoms with Gasteiger partial charge >= 0.3 is 0 Å². The minimum atomic E-state index is -0.204. The molecule has 25 heavy (non-hydrogen) atoms. The summed E-state index contributed by atoms with van der Waals surface area (Å²) >= 11 is 6.04. The van der Waals surface area contributed by atoms with Gasteiger partial charge in [0.15, 0.2) is 0 Å². The van der Waals surface area contributed by atoms with E-state index in [1.54, 1.807) is 18.5 Å². The highest BCUT2D eigenvalue weighted by atomic mass is 35.5. The Morgan fingerprint density at radius 2 is 2.04 bits per heavy atom. The largest absolute Gasteiger partial charge is 0.354 e. The summed E-state index contributed by atoms with van der Waals surface area (Å²) in [5, 5.41) is 6.72. The lowest BCUT2D eigenvalue weighted by Crippen LogP contribution is -2.23. The van der Waals surface area contributed by atoms with E-state index in [0.29, 0.717) is 17.1 Å². The molecule has 1 aromatic carbocycles. The standard InChI is InChI=1S/C19H17ClN4O/c1-13-5-6-15(20)9-18(13)24-17-8-14(10-21-11-17)19(25)23-12-16-4-2-3-7-22-16/h2-11,24H,12H2,1H3,(H,23,25). The van der Waals surface area contributed by atoms with Crippen molar-refractivity contribution >= 4 is 28.9 Å². The van der Waals surface area contributed by atoms with Crippen molar-refractivity contribution in [3.8, 4) is 0 Å². The number of rotatable bonds is 5. The van der Waals surface area contributed by atoms with Gasteiger partial charge in [0.1, 0.15) is 0 Å². The van der Waals surface area contributed by atoms with Crippen LogP contribution in [0.25, 0.3) is 0 Å². The molecule has 6 heteroatoms. The maximum absolute atomic E-state index is 12.3. The van der Waals surface area contributed by atoms with Crippen LogP contribution in [-0.2, 0) is 6.54 Å². The smallest absolute Gasteiger partial charge is 0.253 e. The number of amides is 1. The molecule has 0 atom stereocenters. The Hall–Kier alpha value is -2.92. The van der Waals surface area contributed by atoms with Crippen molar-refractivity contribution in [2.45, 2.75) is 13.5 Å². The van der Waals surface area contributed by atoms with Gasteiger partial charge in [-0.1, -0.05) is 23.7 Å². The summed E-state index contributed by atoms with van der Waals surface area (Å²) in [6, 6.07) is 12.9. The fraction of sp³-hybridized carbons (Fsp3) is 0.105. The Kier molecular flexibility index (Phi) is 5.26. The highest BCUT2D eigenvalue weighted by Crippen LogP contribution is 2.24. The summed E-state index contributed by atoms with van der Waals surface area (Å²) in [6.45, 7) is 2.35. The molecule has 0 saturated carbocycles. The van der Waals surface area contributed by atoms with Crippen LogP contribution in [0.5, 0.6) is 0 Å². The van der Waals surface area contributed by atoms with Crippen LogP contribution in [0.2, 0.25) is 5.02 Å². The molecule has 126 valence electrons. The van der Waals surface area contributed by atoms with Crippen LogP contribution < -0.4 is 10.6 Å². The molecule has 0 aliphatic rings. The van der Waals surface area contributed by atoms with E-state index >= 15 is 0 Å². The number of aromatic nitrogens is 2. The molecule has 2 heterocycles. The van der Waals surface area contributed by atoms with E-state index in [1.165, 1.54) is 6.20 Å². The number of hydrogen-bond donors (Lipinski definition) is 2. The van der Waals surface area contributed by atoms with E-state index in [4.69, 9.17) is 11.6 Å². The molecule has 0 bridgehead atoms. The molecule has 0 unspecified atom stereocenters. The third kappa shape index (κ3) is 4.55. The quantitative estimate of drug-likeness (QED) is 0.725. The lowest BCUT2D eigenvalue weighted by atomic mass is 10.2. The summed E-state index contributed by atoms with van der Waals surface area (Å²) < 4.78 is 0. The van der Waals surface area contributed by atoms with Crippen LogP contribution in [0, 0.1) is 6.92 Å². The molecule has 0 aliphatic heterocycles. The number of anilines is 2. The predicted molar refractivity (Wildman–Crippen MR) is 99.1 cm³/mol. The van der Waals surface area contributed by atoms with Gasteiger partial charge in [-0.2, -0.15) is 0 Å². The summed E-state index contributed by atoms with van der Waals surface area (Å²) in [4.78, 5) is 20.6. The minimum absolute atomic E-state index is 0.204. The second kappa shape index (κ2) is 7.77. The molecule has 3 aromatic rings. The molecule has 5 nitrogen and oxygen atoms in total. The van der Waals surface area contributed by atoms with Crippen LogP contribution >= 0.6 is 11.6 Å². The molecule has 2 N–H and O–H groups in total. The number of nitrogens with one attached hydrogen (secondary N) is 2. The van der Waals surface area contributed by atoms with E-state index in [1.807, 2.05) is 43.3 Å². The van der Waals surface area contributed by atoms with Gasteiger partial charge in [0, 0.05) is 23.1 Å². The average Bonchev–Trinajstić information content (AvgIpc) is 2.64. The van der Waals surface area contributed by atoms with Crippen LogP contribution in [0.4, 0.5) is 11.4 Å². The lowest BCUT2D eigenvalue weighted by molar-refractivity contribution is 0.0950. The van der Waals surface area contributed by atoms with E-state index in [-0.39, 0.29) is 5.91 Å². The van der Waals surface area contributed by atoms with Gasteiger partial charge in [0.25, 0.3) is 5.91 Å². The molecule has 1 amide bonds. The van der Waals surface area contributed by atoms with Gasteiger partial charge < -0.3 is 10.6 Å². The summed E-state index contributed by atoms with van der Waals surface area (Å²) in [6.07, 6.45) is 4.89. The second-order valence-corrected chi connectivity index (χ2v) is 5.99. The highest BCUT2D eigenvalue weighted by molar-refractivity contribution is 6.30. The maximum atomic E-state index is 12.3. The zero-order chi connectivity index (χ0) is 17.6. The van der Waals surface area contributed by atoms with Crippen molar-refractivity contribution in [3.63, 3.8) is 0 Å². The Bertz CT molecular complexity index is 884. The zero-order valence-corrected chi connectivity index (χ0v) is 14.4. The van der Waals surface area contributed by atoms with Gasteiger partial charge in [-0.05, 0) is 42.8 Å². The molecule has 3 rings (SSSR count). The number of pyridine rings is 2. The number of halogens is 1. The molecule has 0 aliphatic carbocycles. The predicted octanol–water partition coefficient (Wildman–Crippen LogP) is 4.11. The Labute approximate surface area is 151 Å². The molecule has 0 saturated heterocycles. The topological polar surface area (TPSA) is 66.9 Å². The Balaban J connectivity index is 1.70. The van der Waals surface area contributed by atoms with E-state index in [2.05, 4.69) is 20.6 Å². The molecule has 0 radical (unpaired) electrons. The van der Waals surface area contributed by atoms with Crippen molar-refractivity contribution in [2.24, 2.45) is 0 Å². The third-order valence-corrected chi connectivity index (χ3v) is 3.87. The number of benzene rings is 1. The number of carbonyl (C=O) groups is 1. The fourth-order valence-corrected chi connectivity index (χ4v) is 2.46. The maximum Gasteiger partial charge on any atom is 0.253 e. The molecule has 2 aromatic heterocycles. The number of nitrogens with zero attached hydrogens (tertiary/aromatic N) is 2. The first-order valence-electron chi connectivity index (χ1n) is 7.78. The van der Waals surface area contributed by atoms with Crippen molar-refractivity contribution in [1.82, 2.24) is 15.3 Å². The van der Waals surface area contributed by atoms with E-state index in [0.717, 1.165) is 22.6 Å². The second-order valence-electron chi connectivity index (χ2n) is 5.55. The van der Waals surface area contributed by atoms with E-state index in [9.17, 15) is 4.79 Å². The monoisotopic (exact) mass is 352 g/mol. The Morgan fingerprint density at radius 1 is 1.16 bits per heavy atom. The summed E-state index contributed by atoms with van der Waals surface area (Å²) in [7, 11) is 0. The average molecular weight is 353 g/mol. The first-order valence-corrected chi connectivity index (χ1v) is 8.16. The first kappa shape index (κ1) is 16.9. The summed E-state index contributed by atoms with van der Waals surface area (Å²) in [5.41, 5.74) is 3.92. The van der Waals surface area contributed by atoms with Crippen molar-refractivity contribution in [1.29, 1.82) is 0 Å². The lowest BCUT2D eigenvalue weighted by Gasteiger charge is -2.11. The third-order valence-electron chi connectivity index (χ3n) is 3.64. The van der Waals surface area contributed by atoms with Gasteiger partial charge in [-0.3, -0.25) is 14.8 Å². The highest BCUT2D eigenvalue weighted by Gasteiger charge is 2.08. The first-order chi connectivity index (χ1) is 12.1. The molecule has 0 fully saturated rings. The van der Waals surface area contributed by atoms with Crippen LogP contribution in [0.15, 0.2) is 61.1 Å². The molecular formula is C19H17ClN4O. The van der Waals surface area contributed by atoms with Crippen molar-refractivity contribution in [3.05, 3.63) is 82.9 Å². The minimum Gasteiger partial charge on any atom is -0.354 e. The zero-order valence-electron chi connectivity index (χ0n) is 13.7. The van der Waals surface area contributed by atoms with Gasteiger partial charge in [0.05, 0.1) is 29.7 Å². The normalized spacial score (nSPS) is 10.3. The number of aryl methyl sites for hydroxylation is 1. The van der Waals surface area contributed by atoms with E-state index < -0.39 is 0 Å². The molecule has 0 spiro atoms. The van der Waals surface area contributed by atoms with Crippen molar-refractivity contribution in [2.75, 3.05) is 5.32 Å². The van der Waals surface area contributed by atoms with Gasteiger partial charge in [-0.25, -0.2) is 0 Å². The van der Waals surface area contributed by atoms with Crippen LogP contribution in [0.3, 0.4) is 0 Å². The summed E-state index contributed by atoms with van der Waals surface area (Å²) in [5.74, 6) is -0.204. The molecular weight excluding hydrogens is 336 g/mol.